The molecule has 0 saturated carbocycles. The van der Waals surface area contributed by atoms with E-state index in [-0.39, 0.29) is 12.2 Å². The minimum Gasteiger partial charge on any atom is -0.490 e. The van der Waals surface area contributed by atoms with E-state index in [0.717, 1.165) is 23.4 Å². The van der Waals surface area contributed by atoms with Crippen LogP contribution in [-0.2, 0) is 11.2 Å². The number of carbonyl (C=O) groups is 1. The van der Waals surface area contributed by atoms with Gasteiger partial charge in [0.2, 0.25) is 0 Å². The molecule has 132 valence electrons. The molecule has 1 aliphatic heterocycles. The van der Waals surface area contributed by atoms with Crippen LogP contribution in [0.3, 0.4) is 0 Å². The summed E-state index contributed by atoms with van der Waals surface area (Å²) in [5.41, 5.74) is 3.33. The van der Waals surface area contributed by atoms with Gasteiger partial charge in [-0.3, -0.25) is 4.90 Å². The molecule has 2 aromatic rings. The maximum absolute atomic E-state index is 12.1. The number of hydrogen-bond donors (Lipinski definition) is 0. The highest BCUT2D eigenvalue weighted by atomic mass is 16.6. The summed E-state index contributed by atoms with van der Waals surface area (Å²) in [6, 6.07) is 16.0. The summed E-state index contributed by atoms with van der Waals surface area (Å²) in [6.07, 6.45) is 0.486. The monoisotopic (exact) mass is 339 g/mol. The molecular formula is C21H25NO3. The van der Waals surface area contributed by atoms with Gasteiger partial charge in [-0.05, 0) is 49.1 Å². The predicted octanol–water partition coefficient (Wildman–Crippen LogP) is 4.60. The van der Waals surface area contributed by atoms with Crippen LogP contribution in [0.2, 0.25) is 0 Å². The molecule has 2 aromatic carbocycles. The molecule has 4 nitrogen and oxygen atoms in total. The van der Waals surface area contributed by atoms with E-state index >= 15 is 0 Å². The molecule has 0 radical (unpaired) electrons. The molecule has 0 N–H and O–H groups in total. The number of rotatable bonds is 6. The molecule has 1 atom stereocenters. The van der Waals surface area contributed by atoms with E-state index < -0.39 is 0 Å². The fourth-order valence-corrected chi connectivity index (χ4v) is 2.93. The molecule has 4 heteroatoms. The molecule has 1 heterocycles. The normalized spacial score (nSPS) is 17.0. The summed E-state index contributed by atoms with van der Waals surface area (Å²) >= 11 is 0. The average Bonchev–Trinajstić information content (AvgIpc) is 2.95. The van der Waals surface area contributed by atoms with Gasteiger partial charge in [-0.25, -0.2) is 4.79 Å². The van der Waals surface area contributed by atoms with Crippen molar-refractivity contribution in [1.29, 1.82) is 0 Å². The fourth-order valence-electron chi connectivity index (χ4n) is 2.93. The molecular weight excluding hydrogens is 314 g/mol. The van der Waals surface area contributed by atoms with E-state index in [0.29, 0.717) is 19.1 Å². The Bertz CT molecular complexity index is 707. The maximum atomic E-state index is 12.1. The first-order valence-corrected chi connectivity index (χ1v) is 8.78. The van der Waals surface area contributed by atoms with E-state index in [9.17, 15) is 4.79 Å². The third-order valence-corrected chi connectivity index (χ3v) is 4.22. The zero-order valence-electron chi connectivity index (χ0n) is 15.1. The van der Waals surface area contributed by atoms with Crippen LogP contribution in [0, 0.1) is 12.8 Å². The summed E-state index contributed by atoms with van der Waals surface area (Å²) < 4.78 is 11.2. The van der Waals surface area contributed by atoms with Crippen molar-refractivity contribution in [1.82, 2.24) is 0 Å². The van der Waals surface area contributed by atoms with Crippen LogP contribution in [0.5, 0.6) is 5.75 Å². The van der Waals surface area contributed by atoms with Crippen LogP contribution in [0.25, 0.3) is 0 Å². The first kappa shape index (κ1) is 17.3. The quantitative estimate of drug-likeness (QED) is 0.772. The Morgan fingerprint density at radius 3 is 2.44 bits per heavy atom. The van der Waals surface area contributed by atoms with Crippen molar-refractivity contribution in [3.63, 3.8) is 0 Å². The number of hydrogen-bond acceptors (Lipinski definition) is 3. The van der Waals surface area contributed by atoms with E-state index in [4.69, 9.17) is 9.47 Å². The number of nitrogens with zero attached hydrogens (tertiary/aromatic N) is 1. The Hall–Kier alpha value is -2.49. The number of aryl methyl sites for hydroxylation is 1. The summed E-state index contributed by atoms with van der Waals surface area (Å²) in [5.74, 6) is 1.44. The van der Waals surface area contributed by atoms with Gasteiger partial charge in [-0.15, -0.1) is 0 Å². The van der Waals surface area contributed by atoms with Crippen molar-refractivity contribution in [2.45, 2.75) is 33.3 Å². The molecule has 0 bridgehead atoms. The van der Waals surface area contributed by atoms with Crippen LogP contribution >= 0.6 is 0 Å². The molecule has 3 rings (SSSR count). The van der Waals surface area contributed by atoms with Crippen molar-refractivity contribution in [3.8, 4) is 5.75 Å². The second-order valence-corrected chi connectivity index (χ2v) is 7.00. The molecule has 25 heavy (non-hydrogen) atoms. The van der Waals surface area contributed by atoms with Crippen LogP contribution < -0.4 is 9.64 Å². The Morgan fingerprint density at radius 1 is 1.12 bits per heavy atom. The van der Waals surface area contributed by atoms with Crippen LogP contribution in [0.15, 0.2) is 48.5 Å². The second-order valence-electron chi connectivity index (χ2n) is 7.00. The summed E-state index contributed by atoms with van der Waals surface area (Å²) in [7, 11) is 0. The zero-order chi connectivity index (χ0) is 17.8. The predicted molar refractivity (Wildman–Crippen MR) is 99.3 cm³/mol. The third-order valence-electron chi connectivity index (χ3n) is 4.22. The van der Waals surface area contributed by atoms with E-state index in [1.165, 1.54) is 5.56 Å². The maximum Gasteiger partial charge on any atom is 0.414 e. The lowest BCUT2D eigenvalue weighted by Crippen LogP contribution is -2.26. The van der Waals surface area contributed by atoms with Gasteiger partial charge in [-0.1, -0.05) is 43.7 Å². The summed E-state index contributed by atoms with van der Waals surface area (Å²) in [4.78, 5) is 13.7. The third kappa shape index (κ3) is 4.53. The lowest BCUT2D eigenvalue weighted by atomic mass is 10.0. The van der Waals surface area contributed by atoms with Crippen LogP contribution in [0.4, 0.5) is 10.5 Å². The van der Waals surface area contributed by atoms with Gasteiger partial charge in [0.1, 0.15) is 12.4 Å². The van der Waals surface area contributed by atoms with Crippen molar-refractivity contribution in [2.75, 3.05) is 18.1 Å². The zero-order valence-corrected chi connectivity index (χ0v) is 15.1. The Kier molecular flexibility index (Phi) is 5.27. The Balaban J connectivity index is 1.54. The van der Waals surface area contributed by atoms with Crippen molar-refractivity contribution in [3.05, 3.63) is 59.7 Å². The van der Waals surface area contributed by atoms with Crippen molar-refractivity contribution >= 4 is 11.8 Å². The Labute approximate surface area is 149 Å². The number of carbonyl (C=O) groups excluding carboxylic acids is 1. The molecule has 1 aliphatic rings. The first-order chi connectivity index (χ1) is 12.0. The van der Waals surface area contributed by atoms with Gasteiger partial charge in [0.25, 0.3) is 0 Å². The molecule has 0 aliphatic carbocycles. The standard InChI is InChI=1S/C21H25NO3/c1-15(2)12-17-6-10-19(11-7-17)24-14-20-13-22(21(23)25-20)18-8-4-16(3)5-9-18/h4-11,15,20H,12-14H2,1-3H3. The lowest BCUT2D eigenvalue weighted by molar-refractivity contribution is 0.105. The number of ether oxygens (including phenoxy) is 2. The fraction of sp³-hybridized carbons (Fsp3) is 0.381. The van der Waals surface area contributed by atoms with Crippen molar-refractivity contribution < 1.29 is 14.3 Å². The highest BCUT2D eigenvalue weighted by molar-refractivity contribution is 5.89. The number of anilines is 1. The molecule has 1 saturated heterocycles. The number of amides is 1. The molecule has 1 amide bonds. The van der Waals surface area contributed by atoms with E-state index in [1.807, 2.05) is 43.3 Å². The molecule has 0 aromatic heterocycles. The van der Waals surface area contributed by atoms with Gasteiger partial charge >= 0.3 is 6.09 Å². The topological polar surface area (TPSA) is 38.8 Å². The van der Waals surface area contributed by atoms with Crippen LogP contribution in [-0.4, -0.2) is 25.3 Å². The highest BCUT2D eigenvalue weighted by Gasteiger charge is 2.32. The van der Waals surface area contributed by atoms with Gasteiger partial charge in [-0.2, -0.15) is 0 Å². The van der Waals surface area contributed by atoms with Crippen LogP contribution in [0.1, 0.15) is 25.0 Å². The summed E-state index contributed by atoms with van der Waals surface area (Å²) in [5, 5.41) is 0. The minimum absolute atomic E-state index is 0.260. The number of benzene rings is 2. The molecule has 0 spiro atoms. The van der Waals surface area contributed by atoms with Crippen molar-refractivity contribution in [2.24, 2.45) is 5.92 Å². The number of cyclic esters (lactones) is 1. The van der Waals surface area contributed by atoms with Gasteiger partial charge in [0.15, 0.2) is 6.10 Å². The highest BCUT2D eigenvalue weighted by Crippen LogP contribution is 2.23. The average molecular weight is 339 g/mol. The largest absolute Gasteiger partial charge is 0.490 e. The SMILES string of the molecule is Cc1ccc(N2CC(COc3ccc(CC(C)C)cc3)OC2=O)cc1. The first-order valence-electron chi connectivity index (χ1n) is 8.78. The van der Waals surface area contributed by atoms with Gasteiger partial charge < -0.3 is 9.47 Å². The minimum atomic E-state index is -0.315. The van der Waals surface area contributed by atoms with Gasteiger partial charge in [0, 0.05) is 5.69 Å². The Morgan fingerprint density at radius 2 is 1.80 bits per heavy atom. The summed E-state index contributed by atoms with van der Waals surface area (Å²) in [6.45, 7) is 7.30. The van der Waals surface area contributed by atoms with E-state index in [1.54, 1.807) is 4.90 Å². The second kappa shape index (κ2) is 7.60. The van der Waals surface area contributed by atoms with Gasteiger partial charge in [0.05, 0.1) is 6.54 Å². The lowest BCUT2D eigenvalue weighted by Gasteiger charge is -2.13. The molecule has 1 fully saturated rings. The van der Waals surface area contributed by atoms with E-state index in [2.05, 4.69) is 26.0 Å². The smallest absolute Gasteiger partial charge is 0.414 e. The molecule has 1 unspecified atom stereocenters.